The number of para-hydroxylation sites is 2. The van der Waals surface area contributed by atoms with Crippen LogP contribution in [-0.4, -0.2) is 23.4 Å². The number of benzene rings is 1. The Morgan fingerprint density at radius 1 is 1.57 bits per heavy atom. The second kappa shape index (κ2) is 4.24. The van der Waals surface area contributed by atoms with Gasteiger partial charge in [0.25, 0.3) is 0 Å². The molecule has 2 aromatic rings. The van der Waals surface area contributed by atoms with Crippen LogP contribution >= 0.6 is 0 Å². The van der Waals surface area contributed by atoms with Gasteiger partial charge in [0.05, 0.1) is 11.0 Å². The van der Waals surface area contributed by atoms with E-state index < -0.39 is 13.5 Å². The summed E-state index contributed by atoms with van der Waals surface area (Å²) >= 11 is 0. The molecule has 1 heterocycles. The maximum atomic E-state index is 7.62. The molecule has 0 unspecified atom stereocenters. The van der Waals surface area contributed by atoms with E-state index in [4.69, 9.17) is 6.85 Å². The maximum Gasteiger partial charge on any atom is 0.107 e. The molecule has 0 radical (unpaired) electrons. The monoisotopic (exact) mass is 194 g/mol. The van der Waals surface area contributed by atoms with Gasteiger partial charge < -0.3 is 10.3 Å². The van der Waals surface area contributed by atoms with E-state index in [2.05, 4.69) is 9.97 Å². The van der Waals surface area contributed by atoms with Crippen molar-refractivity contribution in [1.82, 2.24) is 15.3 Å². The van der Waals surface area contributed by atoms with Crippen molar-refractivity contribution in [2.75, 3.05) is 13.5 Å². The van der Waals surface area contributed by atoms with Crippen LogP contribution in [0.4, 0.5) is 0 Å². The molecule has 0 amide bonds. The number of nitrogens with one attached hydrogen (secondary N) is 2. The lowest BCUT2D eigenvalue weighted by Crippen LogP contribution is -2.08. The molecule has 74 valence electrons. The van der Waals surface area contributed by atoms with E-state index in [1.54, 1.807) is 0 Å². The minimum atomic E-state index is -2.49. The summed E-state index contributed by atoms with van der Waals surface area (Å²) in [7, 11) is 0. The Kier molecular flexibility index (Phi) is 1.50. The molecule has 1 aromatic heterocycles. The third-order valence-corrected chi connectivity index (χ3v) is 2.01. The quantitative estimate of drug-likeness (QED) is 0.778. The van der Waals surface area contributed by atoms with Crippen LogP contribution < -0.4 is 5.32 Å². The topological polar surface area (TPSA) is 40.7 Å². The molecule has 2 rings (SSSR count). The van der Waals surface area contributed by atoms with Gasteiger partial charge in [-0.05, 0) is 32.0 Å². The summed E-state index contributed by atoms with van der Waals surface area (Å²) in [4.78, 5) is 7.41. The lowest BCUT2D eigenvalue weighted by molar-refractivity contribution is 0.709. The number of fused-ring (bicyclic) bond motifs is 1. The minimum absolute atomic E-state index is 0.0329. The molecule has 0 aliphatic rings. The fourth-order valence-corrected chi connectivity index (χ4v) is 1.37. The molecule has 0 fully saturated rings. The van der Waals surface area contributed by atoms with Crippen molar-refractivity contribution in [2.24, 2.45) is 0 Å². The van der Waals surface area contributed by atoms with Gasteiger partial charge in [-0.15, -0.1) is 0 Å². The molecule has 0 bridgehead atoms. The summed E-state index contributed by atoms with van der Waals surface area (Å²) in [6, 6.07) is 7.52. The second-order valence-electron chi connectivity index (χ2n) is 3.00. The summed E-state index contributed by atoms with van der Waals surface area (Å²) in [5.74, 6) is 0.650. The molecule has 0 saturated carbocycles. The lowest BCUT2D eigenvalue weighted by atomic mass is 10.3. The summed E-state index contributed by atoms with van der Waals surface area (Å²) in [5, 5.41) is 1.99. The van der Waals surface area contributed by atoms with E-state index in [0.717, 1.165) is 11.0 Å². The molecule has 0 aliphatic heterocycles. The summed E-state index contributed by atoms with van der Waals surface area (Å²) in [6.45, 7) is -4.44. The zero-order valence-corrected chi connectivity index (χ0v) is 7.67. The van der Waals surface area contributed by atoms with E-state index in [1.807, 2.05) is 29.6 Å². The van der Waals surface area contributed by atoms with E-state index in [9.17, 15) is 0 Å². The van der Waals surface area contributed by atoms with Crippen molar-refractivity contribution in [3.8, 4) is 0 Å². The van der Waals surface area contributed by atoms with E-state index in [1.165, 1.54) is 0 Å². The highest BCUT2D eigenvalue weighted by Crippen LogP contribution is 2.10. The smallest absolute Gasteiger partial charge is 0.107 e. The Bertz CT molecular complexity index is 528. The zero-order valence-electron chi connectivity index (χ0n) is 12.7. The number of H-pyrrole nitrogens is 1. The zero-order chi connectivity index (χ0) is 14.1. The first-order valence-electron chi connectivity index (χ1n) is 6.98. The first-order valence-corrected chi connectivity index (χ1v) is 4.48. The molecule has 14 heavy (non-hydrogen) atoms. The fourth-order valence-electron chi connectivity index (χ4n) is 1.37. The van der Waals surface area contributed by atoms with Gasteiger partial charge in [0.1, 0.15) is 5.82 Å². The number of aromatic amines is 1. The molecule has 3 nitrogen and oxygen atoms in total. The van der Waals surface area contributed by atoms with Gasteiger partial charge in [0.15, 0.2) is 0 Å². The van der Waals surface area contributed by atoms with Crippen molar-refractivity contribution in [3.63, 3.8) is 0 Å². The molecule has 3 heteroatoms. The fraction of sp³-hybridized carbons (Fsp3) is 0.364. The largest absolute Gasteiger partial charge is 0.342 e. The summed E-state index contributed by atoms with van der Waals surface area (Å²) in [5.41, 5.74) is 1.71. The highest BCUT2D eigenvalue weighted by Gasteiger charge is 2.00. The van der Waals surface area contributed by atoms with Crippen LogP contribution in [0.2, 0.25) is 0 Å². The van der Waals surface area contributed by atoms with Crippen LogP contribution in [0.25, 0.3) is 11.0 Å². The average molecular weight is 194 g/mol. The summed E-state index contributed by atoms with van der Waals surface area (Å²) in [6.07, 6.45) is 0.371. The van der Waals surface area contributed by atoms with Gasteiger partial charge in [-0.1, -0.05) is 12.1 Å². The number of nitrogens with zero attached hydrogens (tertiary/aromatic N) is 1. The van der Waals surface area contributed by atoms with Crippen LogP contribution in [-0.2, 0) is 6.42 Å². The van der Waals surface area contributed by atoms with Crippen LogP contribution in [0.1, 0.15) is 19.1 Å². The lowest BCUT2D eigenvalue weighted by Gasteiger charge is -1.95. The van der Waals surface area contributed by atoms with Crippen LogP contribution in [0.3, 0.4) is 0 Å². The number of hydrogen-bond acceptors (Lipinski definition) is 2. The highest BCUT2D eigenvalue weighted by atomic mass is 14.9. The molecular weight excluding hydrogens is 174 g/mol. The van der Waals surface area contributed by atoms with Crippen molar-refractivity contribution in [3.05, 3.63) is 30.1 Å². The van der Waals surface area contributed by atoms with Gasteiger partial charge in [0.2, 0.25) is 0 Å². The van der Waals surface area contributed by atoms with Crippen LogP contribution in [0.5, 0.6) is 0 Å². The SMILES string of the molecule is [2H]C([2H])([2H])NC([2H])([2H])CCc1nc2ccccc2[nH]1. The molecule has 0 spiro atoms. The molecule has 2 N–H and O–H groups in total. The molecule has 0 atom stereocenters. The van der Waals surface area contributed by atoms with Crippen molar-refractivity contribution < 1.29 is 6.85 Å². The van der Waals surface area contributed by atoms with Crippen molar-refractivity contribution >= 4 is 11.0 Å². The minimum Gasteiger partial charge on any atom is -0.342 e. The van der Waals surface area contributed by atoms with E-state index >= 15 is 0 Å². The predicted molar refractivity (Wildman–Crippen MR) is 58.3 cm³/mol. The third-order valence-electron chi connectivity index (χ3n) is 2.01. The number of aromatic nitrogens is 2. The number of aryl methyl sites for hydroxylation is 1. The molecule has 0 saturated heterocycles. The van der Waals surface area contributed by atoms with Crippen molar-refractivity contribution in [2.45, 2.75) is 12.8 Å². The van der Waals surface area contributed by atoms with E-state index in [0.29, 0.717) is 12.2 Å². The van der Waals surface area contributed by atoms with Gasteiger partial charge in [-0.3, -0.25) is 0 Å². The Morgan fingerprint density at radius 2 is 2.50 bits per heavy atom. The predicted octanol–water partition coefficient (Wildman–Crippen LogP) is 1.71. The van der Waals surface area contributed by atoms with Crippen LogP contribution in [0, 0.1) is 0 Å². The normalized spacial score (nSPS) is 18.1. The third kappa shape index (κ3) is 1.93. The van der Waals surface area contributed by atoms with Crippen LogP contribution in [0.15, 0.2) is 24.3 Å². The summed E-state index contributed by atoms with van der Waals surface area (Å²) < 4.78 is 36.3. The first-order chi connectivity index (χ1) is 8.75. The maximum absolute atomic E-state index is 7.62. The Morgan fingerprint density at radius 3 is 3.36 bits per heavy atom. The second-order valence-corrected chi connectivity index (χ2v) is 3.00. The highest BCUT2D eigenvalue weighted by molar-refractivity contribution is 5.74. The Labute approximate surface area is 90.6 Å². The Hall–Kier alpha value is -1.35. The molecule has 1 aromatic carbocycles. The number of hydrogen-bond donors (Lipinski definition) is 2. The number of imidazole rings is 1. The van der Waals surface area contributed by atoms with Gasteiger partial charge in [0, 0.05) is 13.3 Å². The first kappa shape index (κ1) is 4.94. The van der Waals surface area contributed by atoms with Crippen molar-refractivity contribution in [1.29, 1.82) is 0 Å². The van der Waals surface area contributed by atoms with Gasteiger partial charge in [-0.25, -0.2) is 4.98 Å². The molecular formula is C11H15N3. The average Bonchev–Trinajstić information content (AvgIpc) is 2.66. The molecule has 0 aliphatic carbocycles. The van der Waals surface area contributed by atoms with Gasteiger partial charge in [-0.2, -0.15) is 0 Å². The number of rotatable bonds is 4. The standard InChI is InChI=1S/C11H15N3/c1-12-8-4-7-11-13-9-5-2-3-6-10(9)14-11/h2-3,5-6,12H,4,7-8H2,1H3,(H,13,14)/i1D3,8D2. The Balaban J connectivity index is 2.01. The van der Waals surface area contributed by atoms with Gasteiger partial charge >= 0.3 is 0 Å². The van der Waals surface area contributed by atoms with E-state index in [-0.39, 0.29) is 6.42 Å².